The van der Waals surface area contributed by atoms with Crippen molar-refractivity contribution in [3.8, 4) is 17.1 Å². The van der Waals surface area contributed by atoms with Crippen molar-refractivity contribution in [2.45, 2.75) is 39.7 Å². The Hall–Kier alpha value is -1.88. The van der Waals surface area contributed by atoms with Gasteiger partial charge in [-0.05, 0) is 38.0 Å². The third-order valence-corrected chi connectivity index (χ3v) is 4.06. The molecule has 1 aromatic carbocycles. The minimum atomic E-state index is -0.386. The molecule has 0 atom stereocenters. The van der Waals surface area contributed by atoms with Gasteiger partial charge < -0.3 is 10.1 Å². The van der Waals surface area contributed by atoms with E-state index in [-0.39, 0.29) is 5.82 Å². The molecule has 0 amide bonds. The molecule has 0 saturated heterocycles. The van der Waals surface area contributed by atoms with E-state index in [2.05, 4.69) is 29.1 Å². The maximum absolute atomic E-state index is 13.2. The number of hydrogen-bond acceptors (Lipinski definition) is 4. The summed E-state index contributed by atoms with van der Waals surface area (Å²) in [7, 11) is 1.55. The molecule has 0 saturated carbocycles. The lowest BCUT2D eigenvalue weighted by Gasteiger charge is -2.18. The van der Waals surface area contributed by atoms with E-state index < -0.39 is 0 Å². The van der Waals surface area contributed by atoms with Crippen LogP contribution in [0.2, 0.25) is 5.02 Å². The lowest BCUT2D eigenvalue weighted by molar-refractivity contribution is 0.397. The molecule has 1 N–H and O–H groups in total. The highest BCUT2D eigenvalue weighted by Gasteiger charge is 2.17. The fourth-order valence-electron chi connectivity index (χ4n) is 2.36. The molecule has 0 radical (unpaired) electrons. The number of aromatic nitrogens is 2. The van der Waals surface area contributed by atoms with Crippen molar-refractivity contribution in [2.75, 3.05) is 12.4 Å². The summed E-state index contributed by atoms with van der Waals surface area (Å²) in [6.07, 6.45) is 1.96. The maximum Gasteiger partial charge on any atom is 0.257 e. The van der Waals surface area contributed by atoms with Crippen molar-refractivity contribution in [1.82, 2.24) is 9.97 Å². The number of hydrogen-bond donors (Lipinski definition) is 1. The quantitative estimate of drug-likeness (QED) is 0.818. The van der Waals surface area contributed by atoms with Gasteiger partial charge in [-0.2, -0.15) is 0 Å². The number of aryl methyl sites for hydroxylation is 1. The zero-order valence-electron chi connectivity index (χ0n) is 13.8. The normalized spacial score (nSPS) is 10.9. The molecule has 4 nitrogen and oxygen atoms in total. The second kappa shape index (κ2) is 7.59. The summed E-state index contributed by atoms with van der Waals surface area (Å²) in [6, 6.07) is 4.52. The van der Waals surface area contributed by atoms with Crippen LogP contribution in [0.3, 0.4) is 0 Å². The Morgan fingerprint density at radius 1 is 1.26 bits per heavy atom. The predicted molar refractivity (Wildman–Crippen MR) is 91.7 cm³/mol. The average Bonchev–Trinajstić information content (AvgIpc) is 2.53. The van der Waals surface area contributed by atoms with Gasteiger partial charge in [-0.25, -0.2) is 14.4 Å². The SMILES string of the molecule is CCC(CC)Nc1nc(C)c(-c2ccc(F)cc2Cl)nc1OC. The summed E-state index contributed by atoms with van der Waals surface area (Å²) < 4.78 is 18.6. The van der Waals surface area contributed by atoms with Crippen LogP contribution >= 0.6 is 11.6 Å². The Bertz CT molecular complexity index is 690. The van der Waals surface area contributed by atoms with Gasteiger partial charge in [0.15, 0.2) is 5.82 Å². The van der Waals surface area contributed by atoms with Crippen LogP contribution < -0.4 is 10.1 Å². The fraction of sp³-hybridized carbons (Fsp3) is 0.412. The van der Waals surface area contributed by atoms with Gasteiger partial charge in [-0.3, -0.25) is 0 Å². The topological polar surface area (TPSA) is 47.0 Å². The summed E-state index contributed by atoms with van der Waals surface area (Å²) in [5.74, 6) is 0.627. The zero-order valence-corrected chi connectivity index (χ0v) is 14.5. The third-order valence-electron chi connectivity index (χ3n) is 3.74. The van der Waals surface area contributed by atoms with Crippen LogP contribution in [-0.4, -0.2) is 23.1 Å². The van der Waals surface area contributed by atoms with Crippen LogP contribution in [0, 0.1) is 12.7 Å². The van der Waals surface area contributed by atoms with Crippen molar-refractivity contribution in [2.24, 2.45) is 0 Å². The zero-order chi connectivity index (χ0) is 17.0. The van der Waals surface area contributed by atoms with E-state index in [1.54, 1.807) is 13.2 Å². The highest BCUT2D eigenvalue weighted by atomic mass is 35.5. The monoisotopic (exact) mass is 337 g/mol. The van der Waals surface area contributed by atoms with E-state index in [1.165, 1.54) is 12.1 Å². The molecule has 0 aliphatic heterocycles. The number of halogens is 2. The number of rotatable bonds is 6. The van der Waals surface area contributed by atoms with Crippen molar-refractivity contribution >= 4 is 17.4 Å². The van der Waals surface area contributed by atoms with E-state index >= 15 is 0 Å². The highest BCUT2D eigenvalue weighted by molar-refractivity contribution is 6.33. The molecule has 0 spiro atoms. The average molecular weight is 338 g/mol. The molecule has 23 heavy (non-hydrogen) atoms. The van der Waals surface area contributed by atoms with Crippen LogP contribution in [0.4, 0.5) is 10.2 Å². The number of anilines is 1. The summed E-state index contributed by atoms with van der Waals surface area (Å²) in [5, 5.41) is 3.65. The highest BCUT2D eigenvalue weighted by Crippen LogP contribution is 2.32. The lowest BCUT2D eigenvalue weighted by Crippen LogP contribution is -2.19. The van der Waals surface area contributed by atoms with Crippen molar-refractivity contribution in [3.63, 3.8) is 0 Å². The molecular formula is C17H21ClFN3O. The van der Waals surface area contributed by atoms with Gasteiger partial charge in [0.05, 0.1) is 23.5 Å². The summed E-state index contributed by atoms with van der Waals surface area (Å²) >= 11 is 6.14. The van der Waals surface area contributed by atoms with Gasteiger partial charge in [0, 0.05) is 11.6 Å². The van der Waals surface area contributed by atoms with Crippen molar-refractivity contribution < 1.29 is 9.13 Å². The molecule has 124 valence electrons. The van der Waals surface area contributed by atoms with E-state index in [0.29, 0.717) is 39.7 Å². The van der Waals surface area contributed by atoms with Crippen LogP contribution in [-0.2, 0) is 0 Å². The Morgan fingerprint density at radius 3 is 2.52 bits per heavy atom. The molecule has 2 rings (SSSR count). The molecular weight excluding hydrogens is 317 g/mol. The Labute approximate surface area is 141 Å². The van der Waals surface area contributed by atoms with Crippen molar-refractivity contribution in [3.05, 3.63) is 34.7 Å². The summed E-state index contributed by atoms with van der Waals surface area (Å²) in [6.45, 7) is 6.07. The predicted octanol–water partition coefficient (Wildman–Crippen LogP) is 4.85. The van der Waals surface area contributed by atoms with E-state index in [1.807, 2.05) is 6.92 Å². The number of ether oxygens (including phenoxy) is 1. The minimum Gasteiger partial charge on any atom is -0.478 e. The Kier molecular flexibility index (Phi) is 5.77. The first-order valence-corrected chi connectivity index (χ1v) is 8.02. The van der Waals surface area contributed by atoms with Gasteiger partial charge in [0.2, 0.25) is 0 Å². The first-order valence-electron chi connectivity index (χ1n) is 7.64. The molecule has 0 unspecified atom stereocenters. The van der Waals surface area contributed by atoms with E-state index in [0.717, 1.165) is 12.8 Å². The molecule has 6 heteroatoms. The largest absolute Gasteiger partial charge is 0.478 e. The van der Waals surface area contributed by atoms with Crippen LogP contribution in [0.5, 0.6) is 5.88 Å². The Morgan fingerprint density at radius 2 is 1.96 bits per heavy atom. The number of benzene rings is 1. The smallest absolute Gasteiger partial charge is 0.257 e. The van der Waals surface area contributed by atoms with Gasteiger partial charge in [0.25, 0.3) is 5.88 Å². The van der Waals surface area contributed by atoms with Gasteiger partial charge in [-0.1, -0.05) is 25.4 Å². The molecule has 1 aromatic heterocycles. The Balaban J connectivity index is 2.47. The molecule has 1 heterocycles. The van der Waals surface area contributed by atoms with Gasteiger partial charge in [0.1, 0.15) is 5.82 Å². The molecule has 0 aliphatic carbocycles. The molecule has 2 aromatic rings. The van der Waals surface area contributed by atoms with Crippen LogP contribution in [0.15, 0.2) is 18.2 Å². The minimum absolute atomic E-state index is 0.296. The van der Waals surface area contributed by atoms with Crippen LogP contribution in [0.25, 0.3) is 11.3 Å². The first kappa shape index (κ1) is 17.5. The number of methoxy groups -OCH3 is 1. The van der Waals surface area contributed by atoms with Crippen LogP contribution in [0.1, 0.15) is 32.4 Å². The second-order valence-corrected chi connectivity index (χ2v) is 5.70. The summed E-state index contributed by atoms with van der Waals surface area (Å²) in [5.41, 5.74) is 1.92. The third kappa shape index (κ3) is 3.91. The second-order valence-electron chi connectivity index (χ2n) is 5.30. The standard InChI is InChI=1S/C17H21ClFN3O/c1-5-12(6-2)21-16-17(23-4)22-15(10(3)20-16)13-8-7-11(19)9-14(13)18/h7-9,12H,5-6H2,1-4H3,(H,20,21). The maximum atomic E-state index is 13.2. The molecule has 0 aliphatic rings. The summed E-state index contributed by atoms with van der Waals surface area (Å²) in [4.78, 5) is 9.09. The lowest BCUT2D eigenvalue weighted by atomic mass is 10.1. The number of nitrogens with zero attached hydrogens (tertiary/aromatic N) is 2. The van der Waals surface area contributed by atoms with Gasteiger partial charge >= 0.3 is 0 Å². The first-order chi connectivity index (χ1) is 11.0. The molecule has 0 bridgehead atoms. The van der Waals surface area contributed by atoms with Gasteiger partial charge in [-0.15, -0.1) is 0 Å². The number of nitrogens with one attached hydrogen (secondary N) is 1. The molecule has 0 fully saturated rings. The van der Waals surface area contributed by atoms with E-state index in [9.17, 15) is 4.39 Å². The fourth-order valence-corrected chi connectivity index (χ4v) is 2.62. The van der Waals surface area contributed by atoms with Crippen molar-refractivity contribution in [1.29, 1.82) is 0 Å². The van der Waals surface area contributed by atoms with E-state index in [4.69, 9.17) is 16.3 Å².